The van der Waals surface area contributed by atoms with Crippen molar-refractivity contribution in [1.29, 1.82) is 0 Å². The molecule has 1 aromatic carbocycles. The molecule has 0 aliphatic carbocycles. The average molecular weight is 282 g/mol. The van der Waals surface area contributed by atoms with Crippen molar-refractivity contribution in [2.24, 2.45) is 12.9 Å². The van der Waals surface area contributed by atoms with Gasteiger partial charge in [0.25, 0.3) is 0 Å². The van der Waals surface area contributed by atoms with E-state index in [1.165, 1.54) is 0 Å². The van der Waals surface area contributed by atoms with Crippen molar-refractivity contribution in [3.8, 4) is 5.69 Å². The molecule has 0 fully saturated rings. The molecule has 21 heavy (non-hydrogen) atoms. The summed E-state index contributed by atoms with van der Waals surface area (Å²) in [6.07, 6.45) is 6.47. The Kier molecular flexibility index (Phi) is 3.81. The Morgan fingerprint density at radius 2 is 2.05 bits per heavy atom. The summed E-state index contributed by atoms with van der Waals surface area (Å²) in [4.78, 5) is 0. The Morgan fingerprint density at radius 3 is 2.71 bits per heavy atom. The first-order valence-electron chi connectivity index (χ1n) is 6.81. The highest BCUT2D eigenvalue weighted by Gasteiger charge is 2.14. The summed E-state index contributed by atoms with van der Waals surface area (Å²) in [5, 5.41) is 8.78. The van der Waals surface area contributed by atoms with Crippen LogP contribution in [0.2, 0.25) is 0 Å². The molecule has 6 nitrogen and oxygen atoms in total. The maximum absolute atomic E-state index is 5.69. The van der Waals surface area contributed by atoms with Gasteiger partial charge in [0.05, 0.1) is 23.6 Å². The highest BCUT2D eigenvalue weighted by molar-refractivity contribution is 5.31. The minimum absolute atomic E-state index is 0.0163. The lowest BCUT2D eigenvalue weighted by molar-refractivity contribution is 0.541. The van der Waals surface area contributed by atoms with Gasteiger partial charge in [-0.15, -0.1) is 0 Å². The number of hydrazine groups is 1. The zero-order valence-electron chi connectivity index (χ0n) is 11.8. The lowest BCUT2D eigenvalue weighted by Crippen LogP contribution is -2.29. The maximum Gasteiger partial charge on any atom is 0.0645 e. The Morgan fingerprint density at radius 1 is 1.24 bits per heavy atom. The molecule has 1 unspecified atom stereocenters. The number of nitrogens with one attached hydrogen (secondary N) is 1. The van der Waals surface area contributed by atoms with Crippen LogP contribution < -0.4 is 11.3 Å². The largest absolute Gasteiger partial charge is 0.276 e. The summed E-state index contributed by atoms with van der Waals surface area (Å²) < 4.78 is 3.63. The normalized spacial score (nSPS) is 12.5. The number of aromatic nitrogens is 4. The molecule has 3 rings (SSSR count). The van der Waals surface area contributed by atoms with Crippen LogP contribution >= 0.6 is 0 Å². The Balaban J connectivity index is 1.80. The molecule has 0 radical (unpaired) electrons. The second-order valence-electron chi connectivity index (χ2n) is 4.96. The molecule has 0 saturated heterocycles. The lowest BCUT2D eigenvalue weighted by atomic mass is 10.1. The quantitative estimate of drug-likeness (QED) is 0.547. The average Bonchev–Trinajstić information content (AvgIpc) is 3.15. The van der Waals surface area contributed by atoms with E-state index in [2.05, 4.69) is 15.6 Å². The molecule has 0 bridgehead atoms. The first-order chi connectivity index (χ1) is 10.3. The molecule has 3 aromatic rings. The molecule has 2 aromatic heterocycles. The number of para-hydroxylation sites is 1. The topological polar surface area (TPSA) is 73.7 Å². The van der Waals surface area contributed by atoms with Crippen LogP contribution in [-0.4, -0.2) is 19.6 Å². The van der Waals surface area contributed by atoms with Gasteiger partial charge >= 0.3 is 0 Å². The van der Waals surface area contributed by atoms with Crippen LogP contribution in [0.4, 0.5) is 0 Å². The maximum atomic E-state index is 5.69. The lowest BCUT2D eigenvalue weighted by Gasteiger charge is -2.12. The monoisotopic (exact) mass is 282 g/mol. The van der Waals surface area contributed by atoms with E-state index in [1.807, 2.05) is 66.7 Å². The van der Waals surface area contributed by atoms with E-state index in [4.69, 9.17) is 5.84 Å². The Bertz CT molecular complexity index is 700. The van der Waals surface area contributed by atoms with Crippen molar-refractivity contribution >= 4 is 0 Å². The van der Waals surface area contributed by atoms with Crippen LogP contribution in [0.25, 0.3) is 5.69 Å². The van der Waals surface area contributed by atoms with Crippen molar-refractivity contribution in [1.82, 2.24) is 25.0 Å². The molecule has 2 heterocycles. The summed E-state index contributed by atoms with van der Waals surface area (Å²) in [6.45, 7) is 0. The molecule has 0 spiro atoms. The van der Waals surface area contributed by atoms with E-state index in [0.29, 0.717) is 0 Å². The SMILES string of the molecule is Cn1ccc(CC(NN)c2cnn(-c3ccccc3)c2)n1. The van der Waals surface area contributed by atoms with Crippen LogP contribution in [0, 0.1) is 0 Å². The number of aryl methyl sites for hydroxylation is 1. The molecule has 108 valence electrons. The van der Waals surface area contributed by atoms with Gasteiger partial charge in [-0.25, -0.2) is 4.68 Å². The molecule has 0 aliphatic heterocycles. The minimum Gasteiger partial charge on any atom is -0.276 e. The summed E-state index contributed by atoms with van der Waals surface area (Å²) in [6, 6.07) is 12.0. The van der Waals surface area contributed by atoms with Gasteiger partial charge in [-0.3, -0.25) is 16.0 Å². The fraction of sp³-hybridized carbons (Fsp3) is 0.200. The van der Waals surface area contributed by atoms with Crippen molar-refractivity contribution in [3.05, 3.63) is 66.2 Å². The summed E-state index contributed by atoms with van der Waals surface area (Å²) in [5.74, 6) is 5.69. The zero-order chi connectivity index (χ0) is 14.7. The molecule has 6 heteroatoms. The van der Waals surface area contributed by atoms with E-state index in [-0.39, 0.29) is 6.04 Å². The third kappa shape index (κ3) is 3.01. The number of nitrogens with two attached hydrogens (primary N) is 1. The third-order valence-electron chi connectivity index (χ3n) is 3.41. The van der Waals surface area contributed by atoms with Gasteiger partial charge in [-0.2, -0.15) is 10.2 Å². The van der Waals surface area contributed by atoms with Gasteiger partial charge in [0, 0.05) is 31.4 Å². The fourth-order valence-electron chi connectivity index (χ4n) is 2.29. The number of hydrogen-bond donors (Lipinski definition) is 2. The van der Waals surface area contributed by atoms with E-state index >= 15 is 0 Å². The molecule has 0 aliphatic rings. The highest BCUT2D eigenvalue weighted by atomic mass is 15.3. The molecule has 3 N–H and O–H groups in total. The second-order valence-corrected chi connectivity index (χ2v) is 4.96. The van der Waals surface area contributed by atoms with Crippen molar-refractivity contribution < 1.29 is 0 Å². The van der Waals surface area contributed by atoms with Crippen LogP contribution in [0.1, 0.15) is 17.3 Å². The summed E-state index contributed by atoms with van der Waals surface area (Å²) >= 11 is 0. The van der Waals surface area contributed by atoms with E-state index in [9.17, 15) is 0 Å². The van der Waals surface area contributed by atoms with Crippen LogP contribution in [0.3, 0.4) is 0 Å². The molecule has 1 atom stereocenters. The second kappa shape index (κ2) is 5.90. The number of benzene rings is 1. The fourth-order valence-corrected chi connectivity index (χ4v) is 2.29. The first kappa shape index (κ1) is 13.5. The van der Waals surface area contributed by atoms with Crippen LogP contribution in [0.5, 0.6) is 0 Å². The van der Waals surface area contributed by atoms with E-state index < -0.39 is 0 Å². The molecular formula is C15H18N6. The minimum atomic E-state index is -0.0163. The smallest absolute Gasteiger partial charge is 0.0645 e. The molecule has 0 amide bonds. The van der Waals surface area contributed by atoms with E-state index in [1.54, 1.807) is 4.68 Å². The first-order valence-corrected chi connectivity index (χ1v) is 6.81. The van der Waals surface area contributed by atoms with Gasteiger partial charge in [0.15, 0.2) is 0 Å². The summed E-state index contributed by atoms with van der Waals surface area (Å²) in [7, 11) is 1.90. The third-order valence-corrected chi connectivity index (χ3v) is 3.41. The molecular weight excluding hydrogens is 264 g/mol. The van der Waals surface area contributed by atoms with Crippen molar-refractivity contribution in [2.75, 3.05) is 0 Å². The molecule has 0 saturated carbocycles. The Labute approximate surface area is 123 Å². The summed E-state index contributed by atoms with van der Waals surface area (Å²) in [5.41, 5.74) is 5.89. The Hall–Kier alpha value is -2.44. The predicted molar refractivity (Wildman–Crippen MR) is 80.5 cm³/mol. The standard InChI is InChI=1S/C15H18N6/c1-20-8-7-13(19-20)9-15(18-16)12-10-17-21(11-12)14-5-3-2-4-6-14/h2-8,10-11,15,18H,9,16H2,1H3. The van der Waals surface area contributed by atoms with Crippen LogP contribution in [-0.2, 0) is 13.5 Å². The van der Waals surface area contributed by atoms with Gasteiger partial charge in [-0.05, 0) is 18.2 Å². The number of nitrogens with zero attached hydrogens (tertiary/aromatic N) is 4. The highest BCUT2D eigenvalue weighted by Crippen LogP contribution is 2.17. The predicted octanol–water partition coefficient (Wildman–Crippen LogP) is 1.35. The van der Waals surface area contributed by atoms with Gasteiger partial charge < -0.3 is 0 Å². The number of rotatable bonds is 5. The number of hydrogen-bond acceptors (Lipinski definition) is 4. The van der Waals surface area contributed by atoms with Crippen LogP contribution in [0.15, 0.2) is 55.0 Å². The zero-order valence-corrected chi connectivity index (χ0v) is 11.8. The van der Waals surface area contributed by atoms with Crippen molar-refractivity contribution in [2.45, 2.75) is 12.5 Å². The van der Waals surface area contributed by atoms with Gasteiger partial charge in [-0.1, -0.05) is 18.2 Å². The van der Waals surface area contributed by atoms with E-state index in [0.717, 1.165) is 23.4 Å². The van der Waals surface area contributed by atoms with Gasteiger partial charge in [0.1, 0.15) is 0 Å². The van der Waals surface area contributed by atoms with Crippen molar-refractivity contribution in [3.63, 3.8) is 0 Å². The van der Waals surface area contributed by atoms with Gasteiger partial charge in [0.2, 0.25) is 0 Å².